The first-order valence-corrected chi connectivity index (χ1v) is 8.48. The average Bonchev–Trinajstić information content (AvgIpc) is 3.16. The van der Waals surface area contributed by atoms with Crippen LogP contribution in [0.4, 0.5) is 10.1 Å². The summed E-state index contributed by atoms with van der Waals surface area (Å²) < 4.78 is 12.9. The third kappa shape index (κ3) is 4.30. The highest BCUT2D eigenvalue weighted by Crippen LogP contribution is 2.18. The van der Waals surface area contributed by atoms with E-state index in [1.165, 1.54) is 23.5 Å². The number of rotatable bonds is 5. The van der Waals surface area contributed by atoms with Gasteiger partial charge in [0.1, 0.15) is 5.82 Å². The first-order valence-electron chi connectivity index (χ1n) is 7.60. The summed E-state index contributed by atoms with van der Waals surface area (Å²) in [6.45, 7) is 0.270. The number of amides is 2. The van der Waals surface area contributed by atoms with Crippen molar-refractivity contribution in [2.75, 3.05) is 5.32 Å². The van der Waals surface area contributed by atoms with Gasteiger partial charge in [-0.25, -0.2) is 4.39 Å². The Bertz CT molecular complexity index is 877. The Kier molecular flexibility index (Phi) is 5.20. The molecule has 2 N–H and O–H groups in total. The molecule has 0 aliphatic heterocycles. The number of halogens is 1. The van der Waals surface area contributed by atoms with Crippen LogP contribution in [-0.4, -0.2) is 11.8 Å². The van der Waals surface area contributed by atoms with Gasteiger partial charge in [-0.3, -0.25) is 9.59 Å². The molecule has 4 nitrogen and oxygen atoms in total. The second-order valence-electron chi connectivity index (χ2n) is 5.29. The molecule has 1 aromatic heterocycles. The quantitative estimate of drug-likeness (QED) is 0.726. The van der Waals surface area contributed by atoms with Crippen LogP contribution in [0, 0.1) is 5.82 Å². The predicted molar refractivity (Wildman–Crippen MR) is 96.3 cm³/mol. The summed E-state index contributed by atoms with van der Waals surface area (Å²) in [7, 11) is 0. The van der Waals surface area contributed by atoms with Gasteiger partial charge in [0.15, 0.2) is 0 Å². The largest absolute Gasteiger partial charge is 0.348 e. The summed E-state index contributed by atoms with van der Waals surface area (Å²) in [6, 6.07) is 16.2. The molecule has 3 rings (SSSR count). The lowest BCUT2D eigenvalue weighted by Crippen LogP contribution is -2.24. The van der Waals surface area contributed by atoms with Crippen LogP contribution >= 0.6 is 11.3 Å². The minimum Gasteiger partial charge on any atom is -0.348 e. The van der Waals surface area contributed by atoms with Crippen LogP contribution in [0.25, 0.3) is 0 Å². The summed E-state index contributed by atoms with van der Waals surface area (Å²) in [5.74, 6) is -0.892. The molecular formula is C19H15FN2O2S. The third-order valence-corrected chi connectivity index (χ3v) is 4.40. The predicted octanol–water partition coefficient (Wildman–Crippen LogP) is 4.07. The molecule has 3 aromatic rings. The zero-order chi connectivity index (χ0) is 17.6. The van der Waals surface area contributed by atoms with Crippen LogP contribution in [0.15, 0.2) is 66.0 Å². The summed E-state index contributed by atoms with van der Waals surface area (Å²) >= 11 is 1.33. The Morgan fingerprint density at radius 2 is 1.68 bits per heavy atom. The smallest absolute Gasteiger partial charge is 0.265 e. The van der Waals surface area contributed by atoms with Crippen molar-refractivity contribution in [1.82, 2.24) is 5.32 Å². The maximum atomic E-state index is 12.9. The standard InChI is InChI=1S/C19H15FN2O2S/c20-14-9-7-13(8-10-14)12-21-18(23)15-4-1-2-5-16(15)22-19(24)17-6-3-11-25-17/h1-11H,12H2,(H,21,23)(H,22,24). The molecule has 0 spiro atoms. The monoisotopic (exact) mass is 354 g/mol. The third-order valence-electron chi connectivity index (χ3n) is 3.53. The van der Waals surface area contributed by atoms with Crippen molar-refractivity contribution in [2.24, 2.45) is 0 Å². The fraction of sp³-hybridized carbons (Fsp3) is 0.0526. The Morgan fingerprint density at radius 1 is 0.920 bits per heavy atom. The molecule has 0 aliphatic carbocycles. The Labute approximate surface area is 148 Å². The van der Waals surface area contributed by atoms with Crippen molar-refractivity contribution >= 4 is 28.8 Å². The fourth-order valence-corrected chi connectivity index (χ4v) is 2.88. The molecule has 1 heterocycles. The molecule has 2 amide bonds. The van der Waals surface area contributed by atoms with E-state index in [-0.39, 0.29) is 24.2 Å². The lowest BCUT2D eigenvalue weighted by atomic mass is 10.1. The Morgan fingerprint density at radius 3 is 2.40 bits per heavy atom. The normalized spacial score (nSPS) is 10.3. The molecule has 0 bridgehead atoms. The first-order chi connectivity index (χ1) is 12.1. The van der Waals surface area contributed by atoms with Gasteiger partial charge in [0.05, 0.1) is 16.1 Å². The zero-order valence-corrected chi connectivity index (χ0v) is 14.0. The van der Waals surface area contributed by atoms with Crippen molar-refractivity contribution in [3.63, 3.8) is 0 Å². The minimum absolute atomic E-state index is 0.256. The van der Waals surface area contributed by atoms with E-state index in [2.05, 4.69) is 10.6 Å². The van der Waals surface area contributed by atoms with Crippen LogP contribution in [-0.2, 0) is 6.54 Å². The topological polar surface area (TPSA) is 58.2 Å². The van der Waals surface area contributed by atoms with Gasteiger partial charge in [0.2, 0.25) is 0 Å². The van der Waals surface area contributed by atoms with Crippen LogP contribution in [0.1, 0.15) is 25.6 Å². The zero-order valence-electron chi connectivity index (χ0n) is 13.2. The van der Waals surface area contributed by atoms with Gasteiger partial charge in [-0.05, 0) is 41.3 Å². The van der Waals surface area contributed by atoms with E-state index >= 15 is 0 Å². The van der Waals surface area contributed by atoms with Crippen LogP contribution < -0.4 is 10.6 Å². The molecular weight excluding hydrogens is 339 g/mol. The molecule has 126 valence electrons. The number of benzene rings is 2. The average molecular weight is 354 g/mol. The van der Waals surface area contributed by atoms with Gasteiger partial charge in [0.25, 0.3) is 11.8 Å². The fourth-order valence-electron chi connectivity index (χ4n) is 2.26. The molecule has 0 aliphatic rings. The lowest BCUT2D eigenvalue weighted by Gasteiger charge is -2.11. The summed E-state index contributed by atoms with van der Waals surface area (Å²) in [6.07, 6.45) is 0. The minimum atomic E-state index is -0.322. The van der Waals surface area contributed by atoms with Crippen LogP contribution in [0.2, 0.25) is 0 Å². The molecule has 0 unspecified atom stereocenters. The van der Waals surface area contributed by atoms with Crippen LogP contribution in [0.3, 0.4) is 0 Å². The summed E-state index contributed by atoms with van der Waals surface area (Å²) in [4.78, 5) is 25.2. The Hall–Kier alpha value is -2.99. The molecule has 0 atom stereocenters. The number of carbonyl (C=O) groups excluding carboxylic acids is 2. The maximum absolute atomic E-state index is 12.9. The van der Waals surface area contributed by atoms with Gasteiger partial charge in [-0.15, -0.1) is 11.3 Å². The number of nitrogens with one attached hydrogen (secondary N) is 2. The van der Waals surface area contributed by atoms with Crippen molar-refractivity contribution in [3.8, 4) is 0 Å². The lowest BCUT2D eigenvalue weighted by molar-refractivity contribution is 0.0952. The number of para-hydroxylation sites is 1. The van der Waals surface area contributed by atoms with Crippen molar-refractivity contribution < 1.29 is 14.0 Å². The van der Waals surface area contributed by atoms with E-state index in [0.717, 1.165) is 5.56 Å². The Balaban J connectivity index is 1.70. The number of hydrogen-bond acceptors (Lipinski definition) is 3. The SMILES string of the molecule is O=C(Nc1ccccc1C(=O)NCc1ccc(F)cc1)c1cccs1. The summed E-state index contributed by atoms with van der Waals surface area (Å²) in [5, 5.41) is 7.35. The molecule has 0 fully saturated rings. The number of anilines is 1. The van der Waals surface area contributed by atoms with E-state index < -0.39 is 0 Å². The van der Waals surface area contributed by atoms with Gasteiger partial charge in [-0.2, -0.15) is 0 Å². The van der Waals surface area contributed by atoms with E-state index in [1.807, 2.05) is 5.38 Å². The van der Waals surface area contributed by atoms with E-state index in [4.69, 9.17) is 0 Å². The highest BCUT2D eigenvalue weighted by Gasteiger charge is 2.14. The molecule has 6 heteroatoms. The van der Waals surface area contributed by atoms with Gasteiger partial charge in [0, 0.05) is 6.54 Å². The maximum Gasteiger partial charge on any atom is 0.265 e. The van der Waals surface area contributed by atoms with Crippen molar-refractivity contribution in [3.05, 3.63) is 87.9 Å². The van der Waals surface area contributed by atoms with E-state index in [0.29, 0.717) is 16.1 Å². The molecule has 0 saturated carbocycles. The van der Waals surface area contributed by atoms with Crippen LogP contribution in [0.5, 0.6) is 0 Å². The highest BCUT2D eigenvalue weighted by molar-refractivity contribution is 7.12. The first kappa shape index (κ1) is 16.9. The molecule has 2 aromatic carbocycles. The summed E-state index contributed by atoms with van der Waals surface area (Å²) in [5.41, 5.74) is 1.60. The molecule has 0 saturated heterocycles. The van der Waals surface area contributed by atoms with Crippen molar-refractivity contribution in [1.29, 1.82) is 0 Å². The van der Waals surface area contributed by atoms with E-state index in [9.17, 15) is 14.0 Å². The number of hydrogen-bond donors (Lipinski definition) is 2. The molecule has 25 heavy (non-hydrogen) atoms. The number of carbonyl (C=O) groups is 2. The van der Waals surface area contributed by atoms with Gasteiger partial charge >= 0.3 is 0 Å². The highest BCUT2D eigenvalue weighted by atomic mass is 32.1. The molecule has 0 radical (unpaired) electrons. The van der Waals surface area contributed by atoms with Gasteiger partial charge in [-0.1, -0.05) is 30.3 Å². The van der Waals surface area contributed by atoms with E-state index in [1.54, 1.807) is 48.5 Å². The second-order valence-corrected chi connectivity index (χ2v) is 6.23. The second kappa shape index (κ2) is 7.72. The number of thiophene rings is 1. The van der Waals surface area contributed by atoms with Gasteiger partial charge < -0.3 is 10.6 Å². The van der Waals surface area contributed by atoms with Crippen molar-refractivity contribution in [2.45, 2.75) is 6.54 Å².